The third-order valence-corrected chi connectivity index (χ3v) is 2.04. The minimum Gasteiger partial charge on any atom is -0.349 e. The largest absolute Gasteiger partial charge is 0.416 e. The van der Waals surface area contributed by atoms with Crippen molar-refractivity contribution in [3.05, 3.63) is 35.9 Å². The van der Waals surface area contributed by atoms with Crippen molar-refractivity contribution in [1.82, 2.24) is 15.0 Å². The lowest BCUT2D eigenvalue weighted by molar-refractivity contribution is -0.137. The molecule has 4 nitrogen and oxygen atoms in total. The third kappa shape index (κ3) is 2.74. The number of hydrogen-bond donors (Lipinski definition) is 2. The predicted molar refractivity (Wildman–Crippen MR) is 55.8 cm³/mol. The highest BCUT2D eigenvalue weighted by Gasteiger charge is 2.31. The van der Waals surface area contributed by atoms with Crippen LogP contribution in [0.5, 0.6) is 0 Å². The number of alkyl halides is 3. The van der Waals surface area contributed by atoms with Crippen LogP contribution >= 0.6 is 0 Å². The molecule has 7 heteroatoms. The van der Waals surface area contributed by atoms with Gasteiger partial charge in [-0.25, -0.2) is 9.97 Å². The van der Waals surface area contributed by atoms with Gasteiger partial charge in [-0.3, -0.25) is 0 Å². The van der Waals surface area contributed by atoms with Gasteiger partial charge in [-0.1, -0.05) is 0 Å². The Kier molecular flexibility index (Phi) is 2.74. The topological polar surface area (TPSA) is 53.6 Å². The van der Waals surface area contributed by atoms with Crippen LogP contribution in [0.4, 0.5) is 24.8 Å². The van der Waals surface area contributed by atoms with Crippen molar-refractivity contribution in [3.8, 4) is 0 Å². The fourth-order valence-electron chi connectivity index (χ4n) is 1.36. The lowest BCUT2D eigenvalue weighted by atomic mass is 10.2. The minimum atomic E-state index is -4.38. The molecule has 0 saturated carbocycles. The van der Waals surface area contributed by atoms with Gasteiger partial charge in [-0.15, -0.1) is 0 Å². The number of aryl methyl sites for hydroxylation is 1. The van der Waals surface area contributed by atoms with E-state index in [2.05, 4.69) is 20.3 Å². The molecule has 17 heavy (non-hydrogen) atoms. The predicted octanol–water partition coefficient (Wildman–Crippen LogP) is 2.88. The maximum absolute atomic E-state index is 12.5. The van der Waals surface area contributed by atoms with Crippen LogP contribution in [0, 0.1) is 6.92 Å². The van der Waals surface area contributed by atoms with Crippen LogP contribution in [0.1, 0.15) is 11.3 Å². The molecule has 0 fully saturated rings. The molecule has 2 aromatic heterocycles. The highest BCUT2D eigenvalue weighted by molar-refractivity contribution is 5.52. The van der Waals surface area contributed by atoms with Crippen LogP contribution < -0.4 is 5.32 Å². The summed E-state index contributed by atoms with van der Waals surface area (Å²) < 4.78 is 37.6. The average Bonchev–Trinajstić information content (AvgIpc) is 2.68. The van der Waals surface area contributed by atoms with Crippen molar-refractivity contribution in [1.29, 1.82) is 0 Å². The van der Waals surface area contributed by atoms with Gasteiger partial charge < -0.3 is 10.3 Å². The summed E-state index contributed by atoms with van der Waals surface area (Å²) in [6.45, 7) is 1.50. The number of rotatable bonds is 2. The highest BCUT2D eigenvalue weighted by atomic mass is 19.4. The third-order valence-electron chi connectivity index (χ3n) is 2.04. The van der Waals surface area contributed by atoms with Gasteiger partial charge in [0, 0.05) is 11.9 Å². The van der Waals surface area contributed by atoms with Crippen molar-refractivity contribution >= 4 is 11.6 Å². The molecule has 0 amide bonds. The van der Waals surface area contributed by atoms with Gasteiger partial charge in [0.05, 0.1) is 11.9 Å². The Balaban J connectivity index is 2.32. The fourth-order valence-corrected chi connectivity index (χ4v) is 1.36. The zero-order valence-corrected chi connectivity index (χ0v) is 8.84. The molecule has 0 spiro atoms. The monoisotopic (exact) mass is 242 g/mol. The molecular formula is C10H9F3N4. The van der Waals surface area contributed by atoms with Gasteiger partial charge in [-0.05, 0) is 19.1 Å². The smallest absolute Gasteiger partial charge is 0.349 e. The van der Waals surface area contributed by atoms with E-state index in [1.165, 1.54) is 19.4 Å². The van der Waals surface area contributed by atoms with E-state index in [9.17, 15) is 13.2 Å². The Bertz CT molecular complexity index is 505. The molecule has 0 aromatic carbocycles. The SMILES string of the molecule is Cc1cc(C(F)(F)F)cc(Nc2c[nH]cn2)n1. The van der Waals surface area contributed by atoms with Gasteiger partial charge in [0.1, 0.15) is 11.6 Å². The lowest BCUT2D eigenvalue weighted by Gasteiger charge is -2.10. The van der Waals surface area contributed by atoms with Gasteiger partial charge in [0.25, 0.3) is 0 Å². The summed E-state index contributed by atoms with van der Waals surface area (Å²) in [5.41, 5.74) is -0.444. The molecule has 0 bridgehead atoms. The second kappa shape index (κ2) is 4.08. The number of aromatic nitrogens is 3. The molecule has 0 radical (unpaired) electrons. The molecule has 0 aliphatic heterocycles. The van der Waals surface area contributed by atoms with Crippen molar-refractivity contribution in [3.63, 3.8) is 0 Å². The van der Waals surface area contributed by atoms with Crippen LogP contribution in [0.3, 0.4) is 0 Å². The number of H-pyrrole nitrogens is 1. The van der Waals surface area contributed by atoms with Crippen molar-refractivity contribution in [2.75, 3.05) is 5.32 Å². The lowest BCUT2D eigenvalue weighted by Crippen LogP contribution is -2.07. The first kappa shape index (κ1) is 11.4. The van der Waals surface area contributed by atoms with E-state index in [0.717, 1.165) is 12.1 Å². The van der Waals surface area contributed by atoms with Crippen LogP contribution in [-0.4, -0.2) is 15.0 Å². The number of nitrogens with one attached hydrogen (secondary N) is 2. The first-order valence-electron chi connectivity index (χ1n) is 4.77. The first-order valence-corrected chi connectivity index (χ1v) is 4.77. The van der Waals surface area contributed by atoms with Crippen LogP contribution in [0.15, 0.2) is 24.7 Å². The number of anilines is 2. The normalized spacial score (nSPS) is 11.5. The summed E-state index contributed by atoms with van der Waals surface area (Å²) in [4.78, 5) is 10.5. The quantitative estimate of drug-likeness (QED) is 0.851. The number of pyridine rings is 1. The fraction of sp³-hybridized carbons (Fsp3) is 0.200. The Morgan fingerprint density at radius 3 is 2.59 bits per heavy atom. The van der Waals surface area contributed by atoms with E-state index in [-0.39, 0.29) is 11.5 Å². The second-order valence-electron chi connectivity index (χ2n) is 3.46. The highest BCUT2D eigenvalue weighted by Crippen LogP contribution is 2.31. The van der Waals surface area contributed by atoms with Crippen molar-refractivity contribution in [2.24, 2.45) is 0 Å². The molecule has 2 N–H and O–H groups in total. The molecule has 90 valence electrons. The summed E-state index contributed by atoms with van der Waals surface area (Å²) in [6, 6.07) is 1.94. The van der Waals surface area contributed by atoms with E-state index < -0.39 is 11.7 Å². The molecular weight excluding hydrogens is 233 g/mol. The maximum Gasteiger partial charge on any atom is 0.416 e. The van der Waals surface area contributed by atoms with Crippen LogP contribution in [-0.2, 0) is 6.18 Å². The van der Waals surface area contributed by atoms with Gasteiger partial charge >= 0.3 is 6.18 Å². The Hall–Kier alpha value is -2.05. The number of hydrogen-bond acceptors (Lipinski definition) is 3. The van der Waals surface area contributed by atoms with E-state index in [0.29, 0.717) is 5.82 Å². The zero-order chi connectivity index (χ0) is 12.5. The van der Waals surface area contributed by atoms with E-state index in [1.807, 2.05) is 0 Å². The molecule has 0 saturated heterocycles. The number of imidazole rings is 1. The molecule has 0 atom stereocenters. The second-order valence-corrected chi connectivity index (χ2v) is 3.46. The van der Waals surface area contributed by atoms with Gasteiger partial charge in [-0.2, -0.15) is 13.2 Å². The van der Waals surface area contributed by atoms with Gasteiger partial charge in [0.2, 0.25) is 0 Å². The van der Waals surface area contributed by atoms with E-state index in [4.69, 9.17) is 0 Å². The Labute approximate surface area is 94.9 Å². The molecule has 0 aliphatic rings. The first-order chi connectivity index (χ1) is 7.95. The summed E-state index contributed by atoms with van der Waals surface area (Å²) in [6.07, 6.45) is -1.43. The molecule has 0 aliphatic carbocycles. The van der Waals surface area contributed by atoms with Crippen LogP contribution in [0.2, 0.25) is 0 Å². The summed E-state index contributed by atoms with van der Waals surface area (Å²) in [5, 5.41) is 2.68. The average molecular weight is 242 g/mol. The minimum absolute atomic E-state index is 0.115. The molecule has 2 heterocycles. The Morgan fingerprint density at radius 2 is 2.00 bits per heavy atom. The number of aromatic amines is 1. The van der Waals surface area contributed by atoms with E-state index >= 15 is 0 Å². The molecule has 2 rings (SSSR count). The standard InChI is InChI=1S/C10H9F3N4/c1-6-2-7(10(11,12)13)3-8(16-6)17-9-4-14-5-15-9/h2-5H,1H3,(H,14,15)(H,16,17). The zero-order valence-electron chi connectivity index (χ0n) is 8.84. The summed E-state index contributed by atoms with van der Waals surface area (Å²) >= 11 is 0. The van der Waals surface area contributed by atoms with E-state index in [1.54, 1.807) is 0 Å². The summed E-state index contributed by atoms with van der Waals surface area (Å²) in [7, 11) is 0. The van der Waals surface area contributed by atoms with Gasteiger partial charge in [0.15, 0.2) is 0 Å². The maximum atomic E-state index is 12.5. The summed E-state index contributed by atoms with van der Waals surface area (Å²) in [5.74, 6) is 0.528. The van der Waals surface area contributed by atoms with Crippen molar-refractivity contribution in [2.45, 2.75) is 13.1 Å². The number of nitrogens with zero attached hydrogens (tertiary/aromatic N) is 2. The molecule has 0 unspecified atom stereocenters. The van der Waals surface area contributed by atoms with Crippen molar-refractivity contribution < 1.29 is 13.2 Å². The Morgan fingerprint density at radius 1 is 1.24 bits per heavy atom. The van der Waals surface area contributed by atoms with Crippen LogP contribution in [0.25, 0.3) is 0 Å². The number of halogens is 3. The molecule has 2 aromatic rings.